The molecule has 0 bridgehead atoms. The summed E-state index contributed by atoms with van der Waals surface area (Å²) in [5.74, 6) is -0.946. The van der Waals surface area contributed by atoms with Crippen LogP contribution < -0.4 is 4.74 Å². The van der Waals surface area contributed by atoms with Crippen LogP contribution in [0, 0.1) is 6.92 Å². The molecule has 0 aliphatic heterocycles. The lowest BCUT2D eigenvalue weighted by molar-refractivity contribution is -0.171. The lowest BCUT2D eigenvalue weighted by Gasteiger charge is -2.08. The Hall–Kier alpha value is -1.52. The highest BCUT2D eigenvalue weighted by atomic mass is 19.4. The second kappa shape index (κ2) is 6.42. The highest BCUT2D eigenvalue weighted by Gasteiger charge is 2.36. The van der Waals surface area contributed by atoms with E-state index in [0.717, 1.165) is 11.3 Å². The van der Waals surface area contributed by atoms with E-state index in [9.17, 15) is 18.0 Å². The first-order valence-corrected chi connectivity index (χ1v) is 5.69. The smallest absolute Gasteiger partial charge is 0.449 e. The first kappa shape index (κ1) is 14.5. The third-order valence-electron chi connectivity index (χ3n) is 2.47. The van der Waals surface area contributed by atoms with Crippen LogP contribution >= 0.6 is 0 Å². The number of alkyl halides is 3. The van der Waals surface area contributed by atoms with Gasteiger partial charge in [-0.1, -0.05) is 18.2 Å². The fraction of sp³-hybridized carbons (Fsp3) is 0.462. The predicted molar refractivity (Wildman–Crippen MR) is 61.6 cm³/mol. The number of para-hydroxylation sites is 1. The molecule has 1 aromatic carbocycles. The minimum absolute atomic E-state index is 0.185. The molecule has 1 rings (SSSR count). The lowest BCUT2D eigenvalue weighted by Crippen LogP contribution is -2.22. The standard InChI is InChI=1S/C13H15F3O2/c1-10-6-2-3-7-11(10)18-9-5-4-8-12(17)13(14,15)16/h2-3,6-7H,4-5,8-9H2,1H3. The van der Waals surface area contributed by atoms with Gasteiger partial charge in [0.2, 0.25) is 5.78 Å². The number of Topliss-reactive ketones (excluding diaryl/α,β-unsaturated/α-hetero) is 1. The summed E-state index contributed by atoms with van der Waals surface area (Å²) in [4.78, 5) is 10.6. The van der Waals surface area contributed by atoms with E-state index in [0.29, 0.717) is 13.0 Å². The Kier molecular flexibility index (Phi) is 5.19. The minimum atomic E-state index is -4.71. The molecule has 2 nitrogen and oxygen atoms in total. The maximum absolute atomic E-state index is 11.9. The van der Waals surface area contributed by atoms with Crippen molar-refractivity contribution >= 4 is 5.78 Å². The van der Waals surface area contributed by atoms with Crippen LogP contribution in [0.25, 0.3) is 0 Å². The first-order valence-electron chi connectivity index (χ1n) is 5.69. The average Bonchev–Trinajstić information content (AvgIpc) is 2.29. The van der Waals surface area contributed by atoms with Gasteiger partial charge in [-0.05, 0) is 31.4 Å². The van der Waals surface area contributed by atoms with Crippen molar-refractivity contribution in [1.82, 2.24) is 0 Å². The maximum atomic E-state index is 11.9. The zero-order chi connectivity index (χ0) is 13.6. The van der Waals surface area contributed by atoms with Gasteiger partial charge < -0.3 is 4.74 Å². The fourth-order valence-corrected chi connectivity index (χ4v) is 1.43. The summed E-state index contributed by atoms with van der Waals surface area (Å²) in [7, 11) is 0. The Morgan fingerprint density at radius 3 is 2.50 bits per heavy atom. The van der Waals surface area contributed by atoms with E-state index in [1.807, 2.05) is 25.1 Å². The molecule has 0 unspecified atom stereocenters. The van der Waals surface area contributed by atoms with E-state index >= 15 is 0 Å². The molecule has 0 saturated heterocycles. The molecular weight excluding hydrogens is 245 g/mol. The quantitative estimate of drug-likeness (QED) is 0.729. The van der Waals surface area contributed by atoms with E-state index in [-0.39, 0.29) is 6.42 Å². The molecule has 0 aliphatic rings. The second-order valence-corrected chi connectivity index (χ2v) is 3.99. The summed E-state index contributed by atoms with van der Waals surface area (Å²) in [5, 5.41) is 0. The zero-order valence-electron chi connectivity index (χ0n) is 10.1. The van der Waals surface area contributed by atoms with Crippen molar-refractivity contribution in [1.29, 1.82) is 0 Å². The van der Waals surface area contributed by atoms with E-state index in [2.05, 4.69) is 0 Å². The molecule has 0 spiro atoms. The van der Waals surface area contributed by atoms with Crippen molar-refractivity contribution in [3.05, 3.63) is 29.8 Å². The number of hydrogen-bond donors (Lipinski definition) is 0. The summed E-state index contributed by atoms with van der Waals surface area (Å²) in [6.45, 7) is 2.21. The van der Waals surface area contributed by atoms with Gasteiger partial charge in [0, 0.05) is 6.42 Å². The van der Waals surface area contributed by atoms with Crippen LogP contribution in [-0.4, -0.2) is 18.6 Å². The van der Waals surface area contributed by atoms with Crippen molar-refractivity contribution < 1.29 is 22.7 Å². The number of hydrogen-bond acceptors (Lipinski definition) is 2. The number of unbranched alkanes of at least 4 members (excludes halogenated alkanes) is 1. The Morgan fingerprint density at radius 2 is 1.89 bits per heavy atom. The van der Waals surface area contributed by atoms with Crippen LogP contribution in [0.15, 0.2) is 24.3 Å². The number of aryl methyl sites for hydroxylation is 1. The Labute approximate surface area is 104 Å². The number of halogens is 3. The van der Waals surface area contributed by atoms with Crippen molar-refractivity contribution in [2.45, 2.75) is 32.4 Å². The van der Waals surface area contributed by atoms with Gasteiger partial charge in [0.15, 0.2) is 0 Å². The zero-order valence-corrected chi connectivity index (χ0v) is 10.1. The summed E-state index contributed by atoms with van der Waals surface area (Å²) in [6.07, 6.45) is -4.57. The van der Waals surface area contributed by atoms with Crippen LogP contribution in [0.3, 0.4) is 0 Å². The van der Waals surface area contributed by atoms with E-state index in [1.54, 1.807) is 6.07 Å². The van der Waals surface area contributed by atoms with E-state index < -0.39 is 18.4 Å². The fourth-order valence-electron chi connectivity index (χ4n) is 1.43. The Balaban J connectivity index is 2.20. The van der Waals surface area contributed by atoms with Crippen molar-refractivity contribution in [3.63, 3.8) is 0 Å². The van der Waals surface area contributed by atoms with Crippen molar-refractivity contribution in [3.8, 4) is 5.75 Å². The van der Waals surface area contributed by atoms with E-state index in [4.69, 9.17) is 4.74 Å². The third-order valence-corrected chi connectivity index (χ3v) is 2.47. The minimum Gasteiger partial charge on any atom is -0.493 e. The molecular formula is C13H15F3O2. The molecule has 0 aliphatic carbocycles. The average molecular weight is 260 g/mol. The van der Waals surface area contributed by atoms with Gasteiger partial charge in [-0.2, -0.15) is 13.2 Å². The molecule has 5 heteroatoms. The molecule has 0 atom stereocenters. The van der Waals surface area contributed by atoms with Crippen LogP contribution in [-0.2, 0) is 4.79 Å². The molecule has 0 saturated carbocycles. The molecule has 18 heavy (non-hydrogen) atoms. The number of ketones is 1. The van der Waals surface area contributed by atoms with Crippen LogP contribution in [0.5, 0.6) is 5.75 Å². The predicted octanol–water partition coefficient (Wildman–Crippen LogP) is 3.68. The Bertz CT molecular complexity index is 399. The molecule has 0 radical (unpaired) electrons. The summed E-state index contributed by atoms with van der Waals surface area (Å²) in [5.41, 5.74) is 0.976. The van der Waals surface area contributed by atoms with Crippen molar-refractivity contribution in [2.24, 2.45) is 0 Å². The van der Waals surface area contributed by atoms with Gasteiger partial charge >= 0.3 is 6.18 Å². The van der Waals surface area contributed by atoms with Crippen LogP contribution in [0.4, 0.5) is 13.2 Å². The van der Waals surface area contributed by atoms with Crippen LogP contribution in [0.1, 0.15) is 24.8 Å². The maximum Gasteiger partial charge on any atom is 0.449 e. The largest absolute Gasteiger partial charge is 0.493 e. The van der Waals surface area contributed by atoms with Gasteiger partial charge in [0.1, 0.15) is 5.75 Å². The lowest BCUT2D eigenvalue weighted by atomic mass is 10.2. The number of carbonyl (C=O) groups is 1. The molecule has 0 fully saturated rings. The highest BCUT2D eigenvalue weighted by Crippen LogP contribution is 2.20. The summed E-state index contributed by atoms with van der Waals surface area (Å²) >= 11 is 0. The molecule has 0 heterocycles. The molecule has 0 N–H and O–H groups in total. The van der Waals surface area contributed by atoms with Crippen LogP contribution in [0.2, 0.25) is 0 Å². The van der Waals surface area contributed by atoms with Gasteiger partial charge in [-0.3, -0.25) is 4.79 Å². The van der Waals surface area contributed by atoms with Gasteiger partial charge in [0.25, 0.3) is 0 Å². The number of carbonyl (C=O) groups excluding carboxylic acids is 1. The van der Waals surface area contributed by atoms with Gasteiger partial charge in [-0.25, -0.2) is 0 Å². The molecule has 1 aromatic rings. The van der Waals surface area contributed by atoms with Gasteiger partial charge in [-0.15, -0.1) is 0 Å². The topological polar surface area (TPSA) is 26.3 Å². The molecule has 0 aromatic heterocycles. The summed E-state index contributed by atoms with van der Waals surface area (Å²) < 4.78 is 41.1. The second-order valence-electron chi connectivity index (χ2n) is 3.99. The first-order chi connectivity index (χ1) is 8.41. The molecule has 0 amide bonds. The SMILES string of the molecule is Cc1ccccc1OCCCCC(=O)C(F)(F)F. The van der Waals surface area contributed by atoms with Crippen molar-refractivity contribution in [2.75, 3.05) is 6.61 Å². The third kappa shape index (κ3) is 4.77. The number of rotatable bonds is 6. The van der Waals surface area contributed by atoms with Gasteiger partial charge in [0.05, 0.1) is 6.61 Å². The highest BCUT2D eigenvalue weighted by molar-refractivity contribution is 5.83. The number of benzene rings is 1. The summed E-state index contributed by atoms with van der Waals surface area (Å²) in [6, 6.07) is 7.40. The van der Waals surface area contributed by atoms with E-state index in [1.165, 1.54) is 0 Å². The molecule has 100 valence electrons. The monoisotopic (exact) mass is 260 g/mol. The Morgan fingerprint density at radius 1 is 1.22 bits per heavy atom. The normalized spacial score (nSPS) is 11.3. The number of ether oxygens (including phenoxy) is 1.